The van der Waals surface area contributed by atoms with Gasteiger partial charge in [0, 0.05) is 12.0 Å². The van der Waals surface area contributed by atoms with E-state index in [0.29, 0.717) is 11.7 Å². The molecule has 0 aromatic heterocycles. The summed E-state index contributed by atoms with van der Waals surface area (Å²) >= 11 is 0. The van der Waals surface area contributed by atoms with Crippen LogP contribution in [0.3, 0.4) is 0 Å². The molecule has 41 heavy (non-hydrogen) atoms. The lowest BCUT2D eigenvalue weighted by molar-refractivity contribution is -0.236. The van der Waals surface area contributed by atoms with Crippen LogP contribution in [0, 0.1) is 49.7 Å². The third kappa shape index (κ3) is 4.17. The zero-order chi connectivity index (χ0) is 30.4. The van der Waals surface area contributed by atoms with Gasteiger partial charge in [-0.2, -0.15) is 0 Å². The minimum Gasteiger partial charge on any atom is -0.356 e. The van der Waals surface area contributed by atoms with Crippen LogP contribution in [0.2, 0.25) is 0 Å². The number of fused-ring (bicyclic) bond motifs is 7. The smallest absolute Gasteiger partial charge is 0.136 e. The molecule has 4 fully saturated rings. The van der Waals surface area contributed by atoms with Gasteiger partial charge in [-0.3, -0.25) is 9.63 Å². The largest absolute Gasteiger partial charge is 0.356 e. The first-order valence-electron chi connectivity index (χ1n) is 16.9. The summed E-state index contributed by atoms with van der Waals surface area (Å²) in [5, 5.41) is 0. The van der Waals surface area contributed by atoms with Crippen molar-refractivity contribution in [3.63, 3.8) is 0 Å². The number of carbonyl (C=O) groups excluding carboxylic acids is 1. The molecule has 5 heteroatoms. The molecule has 5 aliphatic carbocycles. The first-order chi connectivity index (χ1) is 18.9. The van der Waals surface area contributed by atoms with Crippen molar-refractivity contribution in [1.29, 1.82) is 0 Å². The molecule has 0 amide bonds. The summed E-state index contributed by atoms with van der Waals surface area (Å²) in [5.41, 5.74) is 11.5. The van der Waals surface area contributed by atoms with E-state index >= 15 is 0 Å². The first-order valence-corrected chi connectivity index (χ1v) is 16.9. The summed E-state index contributed by atoms with van der Waals surface area (Å²) in [4.78, 5) is 19.9. The molecule has 4 saturated carbocycles. The topological polar surface area (TPSA) is 73.6 Å². The van der Waals surface area contributed by atoms with E-state index in [1.807, 2.05) is 13.8 Å². The van der Waals surface area contributed by atoms with E-state index in [1.54, 1.807) is 5.57 Å². The van der Waals surface area contributed by atoms with Crippen LogP contribution in [0.25, 0.3) is 0 Å². The van der Waals surface area contributed by atoms with Crippen LogP contribution in [0.4, 0.5) is 0 Å². The van der Waals surface area contributed by atoms with Crippen LogP contribution in [0.5, 0.6) is 0 Å². The predicted molar refractivity (Wildman–Crippen MR) is 167 cm³/mol. The van der Waals surface area contributed by atoms with Gasteiger partial charge in [-0.15, -0.1) is 0 Å². The van der Waals surface area contributed by atoms with Crippen LogP contribution in [0.15, 0.2) is 11.6 Å². The highest BCUT2D eigenvalue weighted by molar-refractivity contribution is 5.83. The van der Waals surface area contributed by atoms with Crippen molar-refractivity contribution in [2.75, 3.05) is 6.54 Å². The minimum absolute atomic E-state index is 0.00332. The van der Waals surface area contributed by atoms with Crippen molar-refractivity contribution >= 4 is 5.78 Å². The summed E-state index contributed by atoms with van der Waals surface area (Å²) in [6.07, 6.45) is 12.2. The van der Waals surface area contributed by atoms with E-state index in [-0.39, 0.29) is 62.3 Å². The van der Waals surface area contributed by atoms with Crippen LogP contribution in [-0.4, -0.2) is 30.8 Å². The molecule has 10 atom stereocenters. The van der Waals surface area contributed by atoms with Gasteiger partial charge in [0.05, 0.1) is 12.2 Å². The number of nitrogens with one attached hydrogen (secondary N) is 1. The number of nitrogens with two attached hydrogens (primary N) is 1. The van der Waals surface area contributed by atoms with Gasteiger partial charge in [0.2, 0.25) is 0 Å². The summed E-state index contributed by atoms with van der Waals surface area (Å²) in [6, 6.07) is 0. The van der Waals surface area contributed by atoms with Gasteiger partial charge in [-0.1, -0.05) is 74.0 Å². The van der Waals surface area contributed by atoms with Crippen LogP contribution in [-0.2, 0) is 14.4 Å². The Hall–Kier alpha value is -0.750. The first kappa shape index (κ1) is 31.7. The summed E-state index contributed by atoms with van der Waals surface area (Å²) in [5.74, 6) is 1.01. The lowest BCUT2D eigenvalue weighted by atomic mass is 9.31. The Morgan fingerprint density at radius 3 is 2.24 bits per heavy atom. The second-order valence-electron chi connectivity index (χ2n) is 17.4. The maximum Gasteiger partial charge on any atom is 0.136 e. The molecular weight excluding hydrogens is 508 g/mol. The number of ketones is 1. The molecule has 0 bridgehead atoms. The number of ether oxygens (including phenoxy) is 1. The average molecular weight is 571 g/mol. The van der Waals surface area contributed by atoms with Gasteiger partial charge in [-0.05, 0) is 116 Å². The Balaban J connectivity index is 1.67. The lowest BCUT2D eigenvalue weighted by Gasteiger charge is -2.74. The highest BCUT2D eigenvalue weighted by atomic mass is 16.7. The van der Waals surface area contributed by atoms with Crippen LogP contribution < -0.4 is 11.2 Å². The van der Waals surface area contributed by atoms with E-state index in [4.69, 9.17) is 15.3 Å². The molecule has 0 aliphatic heterocycles. The molecule has 0 radical (unpaired) electrons. The van der Waals surface area contributed by atoms with Crippen molar-refractivity contribution < 1.29 is 14.4 Å². The van der Waals surface area contributed by atoms with E-state index in [1.165, 1.54) is 12.8 Å². The van der Waals surface area contributed by atoms with Gasteiger partial charge >= 0.3 is 0 Å². The monoisotopic (exact) mass is 570 g/mol. The van der Waals surface area contributed by atoms with Gasteiger partial charge in [0.15, 0.2) is 0 Å². The van der Waals surface area contributed by atoms with Gasteiger partial charge in [0.25, 0.3) is 0 Å². The number of rotatable bonds is 6. The SMILES string of the molecule is CCNOC1CCC2(C)C3=CC(OC(C)N)C4C5CC(C)(C)CCC5(C(C)=O)CCC4(C)C3(C)CCC2(C)C1(C)C. The highest BCUT2D eigenvalue weighted by Gasteiger charge is 2.73. The maximum atomic E-state index is 13.6. The molecule has 10 unspecified atom stereocenters. The van der Waals surface area contributed by atoms with Crippen molar-refractivity contribution in [2.24, 2.45) is 55.5 Å². The Kier molecular flexibility index (Phi) is 7.63. The third-order valence-electron chi connectivity index (χ3n) is 15.0. The molecule has 0 aromatic carbocycles. The molecule has 3 N–H and O–H groups in total. The summed E-state index contributed by atoms with van der Waals surface area (Å²) in [6.45, 7) is 26.8. The molecule has 0 aromatic rings. The van der Waals surface area contributed by atoms with E-state index in [0.717, 1.165) is 51.5 Å². The second-order valence-corrected chi connectivity index (χ2v) is 17.4. The zero-order valence-corrected chi connectivity index (χ0v) is 28.3. The van der Waals surface area contributed by atoms with Crippen molar-refractivity contribution in [3.8, 4) is 0 Å². The zero-order valence-electron chi connectivity index (χ0n) is 28.3. The maximum absolute atomic E-state index is 13.6. The summed E-state index contributed by atoms with van der Waals surface area (Å²) < 4.78 is 6.80. The van der Waals surface area contributed by atoms with Gasteiger partial charge in [0.1, 0.15) is 12.0 Å². The molecular formula is C36H62N2O3. The fourth-order valence-electron chi connectivity index (χ4n) is 11.7. The molecule has 0 spiro atoms. The quantitative estimate of drug-likeness (QED) is 0.192. The Morgan fingerprint density at radius 1 is 0.976 bits per heavy atom. The Bertz CT molecular complexity index is 1080. The molecule has 234 valence electrons. The lowest BCUT2D eigenvalue weighted by Crippen LogP contribution is -2.69. The number of hydrogen-bond donors (Lipinski definition) is 2. The van der Waals surface area contributed by atoms with Gasteiger partial charge < -0.3 is 10.5 Å². The highest BCUT2D eigenvalue weighted by Crippen LogP contribution is 2.78. The molecule has 0 saturated heterocycles. The normalized spacial score (nSPS) is 49.0. The van der Waals surface area contributed by atoms with E-state index in [2.05, 4.69) is 73.9 Å². The Labute approximate surface area is 251 Å². The second kappa shape index (κ2) is 9.88. The number of hydroxylamine groups is 1. The molecule has 5 nitrogen and oxygen atoms in total. The Morgan fingerprint density at radius 2 is 1.63 bits per heavy atom. The number of Topliss-reactive ketones (excluding diaryl/α,β-unsaturated/α-hetero) is 1. The van der Waals surface area contributed by atoms with E-state index < -0.39 is 0 Å². The predicted octanol–water partition coefficient (Wildman–Crippen LogP) is 7.98. The van der Waals surface area contributed by atoms with Crippen molar-refractivity contribution in [2.45, 2.75) is 152 Å². The fraction of sp³-hybridized carbons (Fsp3) is 0.917. The third-order valence-corrected chi connectivity index (χ3v) is 15.0. The average Bonchev–Trinajstić information content (AvgIpc) is 2.86. The molecule has 5 aliphatic rings. The molecule has 0 heterocycles. The minimum atomic E-state index is -0.348. The standard InChI is InChI=1S/C36H62N2O3/c1-12-38-41-28-13-14-33(9)27-21-26(40-24(3)37)29-25-22-30(4,5)15-19-36(25,23(2)39)20-17-34(29,10)32(27,8)16-18-35(33,11)31(28,6)7/h21,24-26,28-29,38H,12-20,22,37H2,1-11H3. The number of hydrogen-bond acceptors (Lipinski definition) is 5. The molecule has 5 rings (SSSR count). The van der Waals surface area contributed by atoms with Crippen molar-refractivity contribution in [3.05, 3.63) is 11.6 Å². The summed E-state index contributed by atoms with van der Waals surface area (Å²) in [7, 11) is 0. The fourth-order valence-corrected chi connectivity index (χ4v) is 11.7. The number of allylic oxidation sites excluding steroid dienone is 1. The van der Waals surface area contributed by atoms with Crippen LogP contribution in [0.1, 0.15) is 134 Å². The van der Waals surface area contributed by atoms with Gasteiger partial charge in [-0.25, -0.2) is 5.48 Å². The number of carbonyl (C=O) groups is 1. The van der Waals surface area contributed by atoms with Crippen LogP contribution >= 0.6 is 0 Å². The van der Waals surface area contributed by atoms with E-state index in [9.17, 15) is 4.79 Å². The van der Waals surface area contributed by atoms with Crippen molar-refractivity contribution in [1.82, 2.24) is 5.48 Å².